The normalized spacial score (nSPS) is 11.0. The summed E-state index contributed by atoms with van der Waals surface area (Å²) in [6.07, 6.45) is 6.30. The third-order valence-electron chi connectivity index (χ3n) is 2.50. The molecule has 3 N–H and O–H groups in total. The molecule has 0 bridgehead atoms. The SMILES string of the molecule is CCCCCc1nc(N)c2cc[nH]c2n1. The van der Waals surface area contributed by atoms with Crippen LogP contribution in [0.4, 0.5) is 5.82 Å². The van der Waals surface area contributed by atoms with Gasteiger partial charge in [-0.05, 0) is 12.5 Å². The molecule has 0 aliphatic heterocycles. The number of nitrogen functional groups attached to an aromatic ring is 1. The lowest BCUT2D eigenvalue weighted by Gasteiger charge is -2.01. The molecule has 0 aliphatic rings. The highest BCUT2D eigenvalue weighted by Gasteiger charge is 2.05. The fourth-order valence-electron chi connectivity index (χ4n) is 1.66. The maximum Gasteiger partial charge on any atom is 0.143 e. The summed E-state index contributed by atoms with van der Waals surface area (Å²) in [4.78, 5) is 11.8. The molecule has 80 valence electrons. The number of nitrogens with one attached hydrogen (secondary N) is 1. The van der Waals surface area contributed by atoms with E-state index in [0.717, 1.165) is 29.7 Å². The molecule has 2 heterocycles. The van der Waals surface area contributed by atoms with E-state index in [4.69, 9.17) is 5.73 Å². The van der Waals surface area contributed by atoms with Gasteiger partial charge in [-0.25, -0.2) is 9.97 Å². The molecule has 2 aromatic rings. The highest BCUT2D eigenvalue weighted by molar-refractivity contribution is 5.85. The van der Waals surface area contributed by atoms with Gasteiger partial charge in [0, 0.05) is 12.6 Å². The molecule has 4 heteroatoms. The molecule has 0 fully saturated rings. The lowest BCUT2D eigenvalue weighted by atomic mass is 10.2. The van der Waals surface area contributed by atoms with Crippen LogP contribution in [-0.2, 0) is 6.42 Å². The second-order valence-corrected chi connectivity index (χ2v) is 3.72. The number of unbranched alkanes of at least 4 members (excludes halogenated alkanes) is 2. The lowest BCUT2D eigenvalue weighted by molar-refractivity contribution is 0.696. The van der Waals surface area contributed by atoms with Gasteiger partial charge in [0.05, 0.1) is 5.39 Å². The number of hydrogen-bond donors (Lipinski definition) is 2. The fourth-order valence-corrected chi connectivity index (χ4v) is 1.66. The van der Waals surface area contributed by atoms with Crippen LogP contribution in [0.1, 0.15) is 32.0 Å². The fraction of sp³-hybridized carbons (Fsp3) is 0.455. The predicted octanol–water partition coefficient (Wildman–Crippen LogP) is 2.27. The van der Waals surface area contributed by atoms with Crippen LogP contribution < -0.4 is 5.73 Å². The third-order valence-corrected chi connectivity index (χ3v) is 2.50. The Morgan fingerprint density at radius 3 is 3.00 bits per heavy atom. The zero-order chi connectivity index (χ0) is 10.7. The number of hydrogen-bond acceptors (Lipinski definition) is 3. The molecule has 0 atom stereocenters. The molecule has 4 nitrogen and oxygen atoms in total. The molecule has 0 unspecified atom stereocenters. The molecule has 0 saturated heterocycles. The van der Waals surface area contributed by atoms with E-state index in [0.29, 0.717) is 5.82 Å². The standard InChI is InChI=1S/C11H16N4/c1-2-3-4-5-9-14-10(12)8-6-7-13-11(8)15-9/h6-7H,2-5H2,1H3,(H3,12,13,14,15). The highest BCUT2D eigenvalue weighted by atomic mass is 15.0. The number of nitrogens with zero attached hydrogens (tertiary/aromatic N) is 2. The summed E-state index contributed by atoms with van der Waals surface area (Å²) in [5, 5.41) is 0.911. The van der Waals surface area contributed by atoms with Gasteiger partial charge < -0.3 is 10.7 Å². The first kappa shape index (κ1) is 9.96. The van der Waals surface area contributed by atoms with Crippen molar-refractivity contribution in [2.24, 2.45) is 0 Å². The van der Waals surface area contributed by atoms with Crippen LogP contribution in [0.15, 0.2) is 12.3 Å². The zero-order valence-electron chi connectivity index (χ0n) is 8.95. The Labute approximate surface area is 88.9 Å². The summed E-state index contributed by atoms with van der Waals surface area (Å²) in [7, 11) is 0. The Balaban J connectivity index is 2.21. The van der Waals surface area contributed by atoms with Crippen LogP contribution in [0.25, 0.3) is 11.0 Å². The zero-order valence-corrected chi connectivity index (χ0v) is 8.95. The summed E-state index contributed by atoms with van der Waals surface area (Å²) >= 11 is 0. The molecule has 0 aromatic carbocycles. The van der Waals surface area contributed by atoms with Gasteiger partial charge in [0.15, 0.2) is 0 Å². The number of aryl methyl sites for hydroxylation is 1. The predicted molar refractivity (Wildman–Crippen MR) is 61.5 cm³/mol. The van der Waals surface area contributed by atoms with Crippen LogP contribution >= 0.6 is 0 Å². The number of aromatic amines is 1. The van der Waals surface area contributed by atoms with Crippen molar-refractivity contribution in [1.29, 1.82) is 0 Å². The van der Waals surface area contributed by atoms with Crippen LogP contribution in [-0.4, -0.2) is 15.0 Å². The number of H-pyrrole nitrogens is 1. The number of fused-ring (bicyclic) bond motifs is 1. The van der Waals surface area contributed by atoms with E-state index in [1.54, 1.807) is 0 Å². The van der Waals surface area contributed by atoms with Crippen molar-refractivity contribution in [3.8, 4) is 0 Å². The average Bonchev–Trinajstić information content (AvgIpc) is 2.66. The van der Waals surface area contributed by atoms with Gasteiger partial charge in [-0.1, -0.05) is 19.8 Å². The van der Waals surface area contributed by atoms with E-state index in [1.807, 2.05) is 12.3 Å². The van der Waals surface area contributed by atoms with Gasteiger partial charge in [0.25, 0.3) is 0 Å². The van der Waals surface area contributed by atoms with E-state index in [2.05, 4.69) is 21.9 Å². The number of anilines is 1. The van der Waals surface area contributed by atoms with Gasteiger partial charge in [0.1, 0.15) is 17.3 Å². The van der Waals surface area contributed by atoms with Crippen molar-refractivity contribution < 1.29 is 0 Å². The Morgan fingerprint density at radius 1 is 1.33 bits per heavy atom. The monoisotopic (exact) mass is 204 g/mol. The van der Waals surface area contributed by atoms with Crippen LogP contribution in [0, 0.1) is 0 Å². The first-order valence-corrected chi connectivity index (χ1v) is 5.40. The maximum absolute atomic E-state index is 5.83. The third kappa shape index (κ3) is 2.09. The lowest BCUT2D eigenvalue weighted by Crippen LogP contribution is -2.00. The maximum atomic E-state index is 5.83. The van der Waals surface area contributed by atoms with E-state index < -0.39 is 0 Å². The first-order valence-electron chi connectivity index (χ1n) is 5.40. The molecule has 0 radical (unpaired) electrons. The van der Waals surface area contributed by atoms with Crippen molar-refractivity contribution in [2.45, 2.75) is 32.6 Å². The minimum atomic E-state index is 0.577. The Kier molecular flexibility index (Phi) is 2.85. The molecule has 0 spiro atoms. The van der Waals surface area contributed by atoms with E-state index in [9.17, 15) is 0 Å². The molecule has 0 saturated carbocycles. The molecule has 15 heavy (non-hydrogen) atoms. The average molecular weight is 204 g/mol. The second-order valence-electron chi connectivity index (χ2n) is 3.72. The summed E-state index contributed by atoms with van der Waals surface area (Å²) in [5.41, 5.74) is 6.68. The Morgan fingerprint density at radius 2 is 2.20 bits per heavy atom. The summed E-state index contributed by atoms with van der Waals surface area (Å²) in [6, 6.07) is 1.90. The van der Waals surface area contributed by atoms with Gasteiger partial charge in [0.2, 0.25) is 0 Å². The molecule has 2 rings (SSSR count). The van der Waals surface area contributed by atoms with Gasteiger partial charge in [-0.15, -0.1) is 0 Å². The van der Waals surface area contributed by atoms with Gasteiger partial charge >= 0.3 is 0 Å². The van der Waals surface area contributed by atoms with Crippen LogP contribution in [0.5, 0.6) is 0 Å². The summed E-state index contributed by atoms with van der Waals surface area (Å²) in [5.74, 6) is 1.42. The van der Waals surface area contributed by atoms with Crippen molar-refractivity contribution in [2.75, 3.05) is 5.73 Å². The highest BCUT2D eigenvalue weighted by Crippen LogP contribution is 2.16. The van der Waals surface area contributed by atoms with Crippen LogP contribution in [0.2, 0.25) is 0 Å². The number of aromatic nitrogens is 3. The van der Waals surface area contributed by atoms with Crippen molar-refractivity contribution in [3.05, 3.63) is 18.1 Å². The molecule has 0 aliphatic carbocycles. The minimum absolute atomic E-state index is 0.577. The van der Waals surface area contributed by atoms with Crippen molar-refractivity contribution >= 4 is 16.9 Å². The van der Waals surface area contributed by atoms with E-state index in [-0.39, 0.29) is 0 Å². The summed E-state index contributed by atoms with van der Waals surface area (Å²) in [6.45, 7) is 2.18. The van der Waals surface area contributed by atoms with Crippen LogP contribution in [0.3, 0.4) is 0 Å². The number of nitrogens with two attached hydrogens (primary N) is 1. The molecular formula is C11H16N4. The van der Waals surface area contributed by atoms with E-state index in [1.165, 1.54) is 12.8 Å². The Bertz CT molecular complexity index is 447. The minimum Gasteiger partial charge on any atom is -0.383 e. The largest absolute Gasteiger partial charge is 0.383 e. The van der Waals surface area contributed by atoms with Crippen molar-refractivity contribution in [1.82, 2.24) is 15.0 Å². The van der Waals surface area contributed by atoms with Gasteiger partial charge in [-0.3, -0.25) is 0 Å². The summed E-state index contributed by atoms with van der Waals surface area (Å²) < 4.78 is 0. The molecular weight excluding hydrogens is 188 g/mol. The smallest absolute Gasteiger partial charge is 0.143 e. The topological polar surface area (TPSA) is 67.6 Å². The van der Waals surface area contributed by atoms with Crippen molar-refractivity contribution in [3.63, 3.8) is 0 Å². The number of rotatable bonds is 4. The molecule has 2 aromatic heterocycles. The van der Waals surface area contributed by atoms with Gasteiger partial charge in [-0.2, -0.15) is 0 Å². The first-order chi connectivity index (χ1) is 7.31. The quantitative estimate of drug-likeness (QED) is 0.751. The molecule has 0 amide bonds. The van der Waals surface area contributed by atoms with E-state index >= 15 is 0 Å². The Hall–Kier alpha value is -1.58. The second kappa shape index (κ2) is 4.29.